The fraction of sp³-hybridized carbons (Fsp3) is 0.500. The van der Waals surface area contributed by atoms with Gasteiger partial charge in [0.1, 0.15) is 13.3 Å². The van der Waals surface area contributed by atoms with Crippen LogP contribution in [0.5, 0.6) is 0 Å². The van der Waals surface area contributed by atoms with Crippen molar-refractivity contribution in [3.8, 4) is 0 Å². The first kappa shape index (κ1) is 6.41. The van der Waals surface area contributed by atoms with Crippen molar-refractivity contribution < 1.29 is 4.58 Å². The third-order valence-electron chi connectivity index (χ3n) is 0.769. The number of hydrogen-bond acceptors (Lipinski definition) is 0. The van der Waals surface area contributed by atoms with Gasteiger partial charge in [0.2, 0.25) is 0 Å². The van der Waals surface area contributed by atoms with Crippen LogP contribution < -0.4 is 0 Å². The van der Waals surface area contributed by atoms with Gasteiger partial charge in [0.15, 0.2) is 6.20 Å². The summed E-state index contributed by atoms with van der Waals surface area (Å²) >= 11 is 0. The molecule has 0 spiro atoms. The Morgan fingerprint density at radius 2 is 2.29 bits per heavy atom. The predicted molar refractivity (Wildman–Crippen MR) is 32.7 cm³/mol. The Hall–Kier alpha value is -0.590. The third kappa shape index (κ3) is 3.23. The molecule has 0 saturated carbocycles. The van der Waals surface area contributed by atoms with Crippen molar-refractivity contribution in [2.45, 2.75) is 13.3 Å². The van der Waals surface area contributed by atoms with E-state index in [0.717, 1.165) is 13.0 Å². The molecule has 0 aliphatic carbocycles. The first-order chi connectivity index (χ1) is 3.31. The standard InChI is InChI=1S/C6H12N/c1-4-6-7(3)5-2/h5H,2-4,6H2,1H3/q+1. The Labute approximate surface area is 45.0 Å². The van der Waals surface area contributed by atoms with E-state index >= 15 is 0 Å². The average molecular weight is 98.2 g/mol. The van der Waals surface area contributed by atoms with Gasteiger partial charge in [-0.05, 0) is 6.58 Å². The molecule has 0 unspecified atom stereocenters. The summed E-state index contributed by atoms with van der Waals surface area (Å²) in [7, 11) is 0. The van der Waals surface area contributed by atoms with Crippen LogP contribution in [-0.2, 0) is 0 Å². The Morgan fingerprint density at radius 1 is 1.71 bits per heavy atom. The highest BCUT2D eigenvalue weighted by Gasteiger charge is 1.85. The van der Waals surface area contributed by atoms with Gasteiger partial charge in [0.05, 0.1) is 0 Å². The maximum Gasteiger partial charge on any atom is 0.161 e. The van der Waals surface area contributed by atoms with Crippen molar-refractivity contribution in [3.63, 3.8) is 0 Å². The van der Waals surface area contributed by atoms with E-state index in [0.29, 0.717) is 0 Å². The van der Waals surface area contributed by atoms with Gasteiger partial charge in [-0.3, -0.25) is 0 Å². The van der Waals surface area contributed by atoms with Crippen LogP contribution in [0.1, 0.15) is 13.3 Å². The molecule has 0 atom stereocenters. The van der Waals surface area contributed by atoms with Gasteiger partial charge in [-0.15, -0.1) is 0 Å². The van der Waals surface area contributed by atoms with E-state index in [1.54, 1.807) is 6.20 Å². The molecule has 0 rings (SSSR count). The van der Waals surface area contributed by atoms with Crippen LogP contribution in [0.4, 0.5) is 0 Å². The normalized spacial score (nSPS) is 8.14. The lowest BCUT2D eigenvalue weighted by atomic mass is 10.5. The Bertz CT molecular complexity index is 74.2. The van der Waals surface area contributed by atoms with Gasteiger partial charge >= 0.3 is 0 Å². The molecule has 0 radical (unpaired) electrons. The maximum absolute atomic E-state index is 3.66. The molecule has 0 aromatic rings. The molecule has 0 fully saturated rings. The molecule has 1 nitrogen and oxygen atoms in total. The van der Waals surface area contributed by atoms with Gasteiger partial charge in [-0.25, -0.2) is 4.58 Å². The van der Waals surface area contributed by atoms with E-state index in [1.807, 2.05) is 4.58 Å². The van der Waals surface area contributed by atoms with E-state index in [4.69, 9.17) is 0 Å². The summed E-state index contributed by atoms with van der Waals surface area (Å²) < 4.78 is 1.82. The zero-order valence-corrected chi connectivity index (χ0v) is 4.85. The average Bonchev–Trinajstić information content (AvgIpc) is 1.68. The zero-order chi connectivity index (χ0) is 5.70. The van der Waals surface area contributed by atoms with Crippen LogP contribution in [0.2, 0.25) is 0 Å². The van der Waals surface area contributed by atoms with Gasteiger partial charge in [-0.1, -0.05) is 6.92 Å². The van der Waals surface area contributed by atoms with Crippen molar-refractivity contribution in [1.29, 1.82) is 0 Å². The topological polar surface area (TPSA) is 3.01 Å². The second kappa shape index (κ2) is 3.59. The molecule has 0 heterocycles. The van der Waals surface area contributed by atoms with Crippen LogP contribution in [-0.4, -0.2) is 17.8 Å². The summed E-state index contributed by atoms with van der Waals surface area (Å²) in [5.74, 6) is 0. The smallest absolute Gasteiger partial charge is 0.161 e. The minimum Gasteiger partial charge on any atom is -0.212 e. The summed E-state index contributed by atoms with van der Waals surface area (Å²) in [6, 6.07) is 0. The van der Waals surface area contributed by atoms with Crippen molar-refractivity contribution in [2.75, 3.05) is 6.54 Å². The molecular formula is C6H12N+. The fourth-order valence-electron chi connectivity index (χ4n) is 0.379. The molecule has 0 amide bonds. The summed E-state index contributed by atoms with van der Waals surface area (Å²) in [5, 5.41) is 0. The highest BCUT2D eigenvalue weighted by molar-refractivity contribution is 5.15. The van der Waals surface area contributed by atoms with Gasteiger partial charge in [0, 0.05) is 6.42 Å². The highest BCUT2D eigenvalue weighted by Crippen LogP contribution is 1.75. The molecule has 0 aromatic carbocycles. The molecule has 0 aliphatic heterocycles. The van der Waals surface area contributed by atoms with Crippen LogP contribution in [0.25, 0.3) is 0 Å². The Balaban J connectivity index is 3.17. The molecule has 1 heteroatoms. The van der Waals surface area contributed by atoms with Crippen LogP contribution in [0.3, 0.4) is 0 Å². The molecule has 0 N–H and O–H groups in total. The van der Waals surface area contributed by atoms with Crippen molar-refractivity contribution in [3.05, 3.63) is 12.8 Å². The van der Waals surface area contributed by atoms with E-state index in [-0.39, 0.29) is 0 Å². The predicted octanol–water partition coefficient (Wildman–Crippen LogP) is 1.25. The van der Waals surface area contributed by atoms with E-state index in [9.17, 15) is 0 Å². The Kier molecular flexibility index (Phi) is 3.29. The fourth-order valence-corrected chi connectivity index (χ4v) is 0.379. The largest absolute Gasteiger partial charge is 0.212 e. The van der Waals surface area contributed by atoms with Crippen LogP contribution in [0.15, 0.2) is 12.8 Å². The second-order valence-electron chi connectivity index (χ2n) is 1.49. The number of nitrogens with zero attached hydrogens (tertiary/aromatic N) is 1. The van der Waals surface area contributed by atoms with Crippen molar-refractivity contribution in [1.82, 2.24) is 0 Å². The first-order valence-corrected chi connectivity index (χ1v) is 2.51. The summed E-state index contributed by atoms with van der Waals surface area (Å²) in [6.07, 6.45) is 2.86. The van der Waals surface area contributed by atoms with Crippen molar-refractivity contribution in [2.24, 2.45) is 0 Å². The van der Waals surface area contributed by atoms with Gasteiger partial charge < -0.3 is 0 Å². The van der Waals surface area contributed by atoms with E-state index in [2.05, 4.69) is 20.2 Å². The van der Waals surface area contributed by atoms with Crippen molar-refractivity contribution >= 4 is 6.72 Å². The minimum atomic E-state index is 1.00. The molecule has 40 valence electrons. The lowest BCUT2D eigenvalue weighted by Crippen LogP contribution is -1.99. The highest BCUT2D eigenvalue weighted by atomic mass is 14.9. The van der Waals surface area contributed by atoms with Crippen LogP contribution >= 0.6 is 0 Å². The summed E-state index contributed by atoms with van der Waals surface area (Å²) in [6.45, 7) is 10.3. The lowest BCUT2D eigenvalue weighted by molar-refractivity contribution is -0.447. The molecule has 0 bridgehead atoms. The summed E-state index contributed by atoms with van der Waals surface area (Å²) in [4.78, 5) is 0. The van der Waals surface area contributed by atoms with Crippen LogP contribution in [0, 0.1) is 0 Å². The zero-order valence-electron chi connectivity index (χ0n) is 4.85. The number of rotatable bonds is 3. The second-order valence-corrected chi connectivity index (χ2v) is 1.49. The minimum absolute atomic E-state index is 1.00. The molecule has 0 aromatic heterocycles. The molecule has 0 saturated heterocycles. The van der Waals surface area contributed by atoms with Gasteiger partial charge in [-0.2, -0.15) is 0 Å². The van der Waals surface area contributed by atoms with E-state index in [1.165, 1.54) is 0 Å². The maximum atomic E-state index is 3.66. The van der Waals surface area contributed by atoms with E-state index < -0.39 is 0 Å². The summed E-state index contributed by atoms with van der Waals surface area (Å²) in [5.41, 5.74) is 0. The molecule has 0 aliphatic rings. The molecular weight excluding hydrogens is 86.1 g/mol. The lowest BCUT2D eigenvalue weighted by Gasteiger charge is -1.85. The van der Waals surface area contributed by atoms with Gasteiger partial charge in [0.25, 0.3) is 0 Å². The quantitative estimate of drug-likeness (QED) is 0.369. The monoisotopic (exact) mass is 98.1 g/mol. The number of hydrogen-bond donors (Lipinski definition) is 0. The SMILES string of the molecule is C=C[N+](=C)CCC. The molecule has 7 heavy (non-hydrogen) atoms. The first-order valence-electron chi connectivity index (χ1n) is 2.51. The Morgan fingerprint density at radius 3 is 2.43 bits per heavy atom. The third-order valence-corrected chi connectivity index (χ3v) is 0.769.